The zero-order chi connectivity index (χ0) is 9.90. The molecular weight excluding hydrogens is 158 g/mol. The SMILES string of the molecule is CC1=CC[C@@H](CNC(C)(C)C)CC1. The molecule has 0 unspecified atom stereocenters. The Kier molecular flexibility index (Phi) is 3.55. The number of allylic oxidation sites excluding steroid dienone is 2. The molecule has 0 aliphatic heterocycles. The van der Waals surface area contributed by atoms with Crippen LogP contribution in [0.3, 0.4) is 0 Å². The highest BCUT2D eigenvalue weighted by Crippen LogP contribution is 2.22. The van der Waals surface area contributed by atoms with E-state index in [9.17, 15) is 0 Å². The average molecular weight is 181 g/mol. The Balaban J connectivity index is 2.24. The van der Waals surface area contributed by atoms with E-state index in [1.54, 1.807) is 5.57 Å². The molecule has 0 aromatic carbocycles. The van der Waals surface area contributed by atoms with Crippen molar-refractivity contribution in [2.75, 3.05) is 6.54 Å². The molecule has 1 nitrogen and oxygen atoms in total. The Hall–Kier alpha value is -0.300. The van der Waals surface area contributed by atoms with Crippen molar-refractivity contribution in [1.82, 2.24) is 5.32 Å². The minimum atomic E-state index is 0.274. The van der Waals surface area contributed by atoms with Crippen LogP contribution in [0.25, 0.3) is 0 Å². The lowest BCUT2D eigenvalue weighted by Gasteiger charge is -2.26. The Labute approximate surface area is 82.6 Å². The average Bonchev–Trinajstić information content (AvgIpc) is 2.02. The predicted octanol–water partition coefficient (Wildman–Crippen LogP) is 3.12. The summed E-state index contributed by atoms with van der Waals surface area (Å²) in [6, 6.07) is 0. The molecule has 76 valence electrons. The van der Waals surface area contributed by atoms with E-state index in [0.29, 0.717) is 0 Å². The van der Waals surface area contributed by atoms with Crippen molar-refractivity contribution in [2.24, 2.45) is 5.92 Å². The molecule has 1 aliphatic carbocycles. The fraction of sp³-hybridized carbons (Fsp3) is 0.833. The van der Waals surface area contributed by atoms with Gasteiger partial charge in [-0.3, -0.25) is 0 Å². The van der Waals surface area contributed by atoms with E-state index in [4.69, 9.17) is 0 Å². The van der Waals surface area contributed by atoms with E-state index in [2.05, 4.69) is 39.1 Å². The summed E-state index contributed by atoms with van der Waals surface area (Å²) in [7, 11) is 0. The summed E-state index contributed by atoms with van der Waals surface area (Å²) in [5.74, 6) is 0.864. The third-order valence-corrected chi connectivity index (χ3v) is 2.67. The molecule has 0 saturated heterocycles. The Morgan fingerprint density at radius 2 is 2.15 bits per heavy atom. The maximum atomic E-state index is 3.58. The standard InChI is InChI=1S/C12H23N/c1-10-5-7-11(8-6-10)9-13-12(2,3)4/h5,11,13H,6-9H2,1-4H3/t11-/m1/s1. The minimum Gasteiger partial charge on any atom is -0.312 e. The second kappa shape index (κ2) is 4.28. The molecule has 1 N–H and O–H groups in total. The number of rotatable bonds is 2. The summed E-state index contributed by atoms with van der Waals surface area (Å²) in [4.78, 5) is 0. The van der Waals surface area contributed by atoms with Gasteiger partial charge in [0.1, 0.15) is 0 Å². The van der Waals surface area contributed by atoms with Crippen LogP contribution in [0, 0.1) is 5.92 Å². The summed E-state index contributed by atoms with van der Waals surface area (Å²) >= 11 is 0. The van der Waals surface area contributed by atoms with Crippen molar-refractivity contribution in [3.05, 3.63) is 11.6 Å². The molecule has 1 atom stereocenters. The van der Waals surface area contributed by atoms with Crippen molar-refractivity contribution in [1.29, 1.82) is 0 Å². The van der Waals surface area contributed by atoms with Crippen LogP contribution < -0.4 is 5.32 Å². The molecule has 0 bridgehead atoms. The van der Waals surface area contributed by atoms with Crippen molar-refractivity contribution in [3.63, 3.8) is 0 Å². The molecule has 13 heavy (non-hydrogen) atoms. The van der Waals surface area contributed by atoms with Gasteiger partial charge in [-0.25, -0.2) is 0 Å². The molecule has 1 heteroatoms. The summed E-state index contributed by atoms with van der Waals surface area (Å²) < 4.78 is 0. The van der Waals surface area contributed by atoms with Crippen LogP contribution in [0.4, 0.5) is 0 Å². The van der Waals surface area contributed by atoms with Gasteiger partial charge in [0.05, 0.1) is 0 Å². The van der Waals surface area contributed by atoms with E-state index in [0.717, 1.165) is 5.92 Å². The highest BCUT2D eigenvalue weighted by atomic mass is 14.9. The zero-order valence-corrected chi connectivity index (χ0v) is 9.48. The molecule has 0 radical (unpaired) electrons. The lowest BCUT2D eigenvalue weighted by atomic mass is 9.90. The highest BCUT2D eigenvalue weighted by molar-refractivity contribution is 5.03. The molecule has 0 fully saturated rings. The van der Waals surface area contributed by atoms with Gasteiger partial charge in [0.25, 0.3) is 0 Å². The maximum absolute atomic E-state index is 3.58. The lowest BCUT2D eigenvalue weighted by molar-refractivity contribution is 0.353. The van der Waals surface area contributed by atoms with E-state index in [-0.39, 0.29) is 5.54 Å². The molecule has 0 spiro atoms. The summed E-state index contributed by atoms with van der Waals surface area (Å²) in [5, 5.41) is 3.58. The first-order chi connectivity index (χ1) is 5.97. The normalized spacial score (nSPS) is 24.3. The van der Waals surface area contributed by atoms with Gasteiger partial charge < -0.3 is 5.32 Å². The van der Waals surface area contributed by atoms with Gasteiger partial charge >= 0.3 is 0 Å². The molecule has 1 rings (SSSR count). The van der Waals surface area contributed by atoms with Crippen LogP contribution in [0.5, 0.6) is 0 Å². The highest BCUT2D eigenvalue weighted by Gasteiger charge is 2.15. The Morgan fingerprint density at radius 3 is 2.62 bits per heavy atom. The second-order valence-electron chi connectivity index (χ2n) is 5.32. The van der Waals surface area contributed by atoms with Gasteiger partial charge in [0, 0.05) is 5.54 Å². The van der Waals surface area contributed by atoms with Crippen molar-refractivity contribution < 1.29 is 0 Å². The first kappa shape index (κ1) is 10.8. The van der Waals surface area contributed by atoms with Crippen LogP contribution in [-0.4, -0.2) is 12.1 Å². The number of hydrogen-bond donors (Lipinski definition) is 1. The number of nitrogens with one attached hydrogen (secondary N) is 1. The maximum Gasteiger partial charge on any atom is 0.00966 e. The van der Waals surface area contributed by atoms with Crippen LogP contribution >= 0.6 is 0 Å². The van der Waals surface area contributed by atoms with Gasteiger partial charge in [-0.15, -0.1) is 0 Å². The van der Waals surface area contributed by atoms with E-state index >= 15 is 0 Å². The third kappa shape index (κ3) is 4.47. The second-order valence-corrected chi connectivity index (χ2v) is 5.32. The summed E-state index contributed by atoms with van der Waals surface area (Å²) in [6.45, 7) is 10.1. The molecule has 0 saturated carbocycles. The minimum absolute atomic E-state index is 0.274. The fourth-order valence-electron chi connectivity index (χ4n) is 1.66. The van der Waals surface area contributed by atoms with Crippen LogP contribution in [-0.2, 0) is 0 Å². The van der Waals surface area contributed by atoms with E-state index in [1.807, 2.05) is 0 Å². The predicted molar refractivity (Wildman–Crippen MR) is 58.9 cm³/mol. The molecule has 0 aromatic heterocycles. The Bertz CT molecular complexity index is 186. The van der Waals surface area contributed by atoms with Gasteiger partial charge in [0.2, 0.25) is 0 Å². The third-order valence-electron chi connectivity index (χ3n) is 2.67. The van der Waals surface area contributed by atoms with E-state index < -0.39 is 0 Å². The summed E-state index contributed by atoms with van der Waals surface area (Å²) in [5.41, 5.74) is 1.85. The topological polar surface area (TPSA) is 12.0 Å². The molecule has 1 aliphatic rings. The first-order valence-electron chi connectivity index (χ1n) is 5.38. The van der Waals surface area contributed by atoms with Crippen molar-refractivity contribution in [3.8, 4) is 0 Å². The fourth-order valence-corrected chi connectivity index (χ4v) is 1.66. The zero-order valence-electron chi connectivity index (χ0n) is 9.48. The molecule has 0 heterocycles. The summed E-state index contributed by atoms with van der Waals surface area (Å²) in [6.07, 6.45) is 6.34. The van der Waals surface area contributed by atoms with E-state index in [1.165, 1.54) is 25.8 Å². The van der Waals surface area contributed by atoms with Crippen molar-refractivity contribution in [2.45, 2.75) is 52.5 Å². The quantitative estimate of drug-likeness (QED) is 0.645. The van der Waals surface area contributed by atoms with Gasteiger partial charge in [-0.2, -0.15) is 0 Å². The van der Waals surface area contributed by atoms with Gasteiger partial charge in [-0.05, 0) is 59.4 Å². The first-order valence-corrected chi connectivity index (χ1v) is 5.38. The van der Waals surface area contributed by atoms with Gasteiger partial charge in [-0.1, -0.05) is 11.6 Å². The van der Waals surface area contributed by atoms with Crippen LogP contribution in [0.1, 0.15) is 47.0 Å². The molecular formula is C12H23N. The van der Waals surface area contributed by atoms with Gasteiger partial charge in [0.15, 0.2) is 0 Å². The number of hydrogen-bond acceptors (Lipinski definition) is 1. The smallest absolute Gasteiger partial charge is 0.00966 e. The van der Waals surface area contributed by atoms with Crippen LogP contribution in [0.2, 0.25) is 0 Å². The lowest BCUT2D eigenvalue weighted by Crippen LogP contribution is -2.39. The van der Waals surface area contributed by atoms with Crippen molar-refractivity contribution >= 4 is 0 Å². The largest absolute Gasteiger partial charge is 0.312 e. The molecule has 0 aromatic rings. The monoisotopic (exact) mass is 181 g/mol. The van der Waals surface area contributed by atoms with Crippen LogP contribution in [0.15, 0.2) is 11.6 Å². The molecule has 0 amide bonds. The Morgan fingerprint density at radius 1 is 1.46 bits per heavy atom.